The van der Waals surface area contributed by atoms with Crippen molar-refractivity contribution in [3.8, 4) is 0 Å². The molecule has 1 unspecified atom stereocenters. The zero-order chi connectivity index (χ0) is 13.1. The van der Waals surface area contributed by atoms with Gasteiger partial charge in [0.05, 0.1) is 10.6 Å². The highest BCUT2D eigenvalue weighted by molar-refractivity contribution is 7.17. The van der Waals surface area contributed by atoms with Gasteiger partial charge in [-0.2, -0.15) is 0 Å². The molecule has 1 fully saturated rings. The predicted molar refractivity (Wildman–Crippen MR) is 76.7 cm³/mol. The molecule has 1 aliphatic heterocycles. The van der Waals surface area contributed by atoms with Gasteiger partial charge in [0.25, 0.3) is 0 Å². The first-order valence-electron chi connectivity index (χ1n) is 6.88. The van der Waals surface area contributed by atoms with Crippen LogP contribution >= 0.6 is 11.3 Å². The molecule has 0 spiro atoms. The van der Waals surface area contributed by atoms with Gasteiger partial charge in [0, 0.05) is 19.5 Å². The molecule has 2 heterocycles. The molecule has 1 saturated heterocycles. The summed E-state index contributed by atoms with van der Waals surface area (Å²) in [6, 6.07) is 0.595. The maximum atomic E-state index is 11.5. The summed E-state index contributed by atoms with van der Waals surface area (Å²) in [5.74, 6) is 0.138. The molecule has 1 aliphatic rings. The minimum Gasteiger partial charge on any atom is -0.345 e. The maximum Gasteiger partial charge on any atom is 0.186 e. The van der Waals surface area contributed by atoms with E-state index in [2.05, 4.69) is 16.8 Å². The SMILES string of the molecule is CCC1CCCCCN1c1nc(C)c(C(C)=O)s1. The number of rotatable bonds is 3. The van der Waals surface area contributed by atoms with Gasteiger partial charge in [0.15, 0.2) is 10.9 Å². The zero-order valence-electron chi connectivity index (χ0n) is 11.5. The van der Waals surface area contributed by atoms with E-state index in [1.165, 1.54) is 25.7 Å². The van der Waals surface area contributed by atoms with E-state index in [-0.39, 0.29) is 5.78 Å². The third-order valence-electron chi connectivity index (χ3n) is 3.70. The van der Waals surface area contributed by atoms with Crippen molar-refractivity contribution >= 4 is 22.3 Å². The van der Waals surface area contributed by atoms with Gasteiger partial charge >= 0.3 is 0 Å². The van der Waals surface area contributed by atoms with Gasteiger partial charge in [-0.15, -0.1) is 0 Å². The van der Waals surface area contributed by atoms with E-state index < -0.39 is 0 Å². The molecule has 0 N–H and O–H groups in total. The second-order valence-electron chi connectivity index (χ2n) is 5.07. The third-order valence-corrected chi connectivity index (χ3v) is 4.99. The van der Waals surface area contributed by atoms with E-state index in [1.807, 2.05) is 6.92 Å². The van der Waals surface area contributed by atoms with Gasteiger partial charge in [-0.05, 0) is 26.2 Å². The lowest BCUT2D eigenvalue weighted by molar-refractivity contribution is 0.102. The van der Waals surface area contributed by atoms with Crippen molar-refractivity contribution < 1.29 is 4.79 Å². The topological polar surface area (TPSA) is 33.2 Å². The van der Waals surface area contributed by atoms with Crippen LogP contribution in [0.15, 0.2) is 0 Å². The summed E-state index contributed by atoms with van der Waals surface area (Å²) in [7, 11) is 0. The number of aryl methyl sites for hydroxylation is 1. The fraction of sp³-hybridized carbons (Fsp3) is 0.714. The number of carbonyl (C=O) groups excluding carboxylic acids is 1. The van der Waals surface area contributed by atoms with Crippen molar-refractivity contribution in [2.24, 2.45) is 0 Å². The molecule has 1 aromatic heterocycles. The third kappa shape index (κ3) is 2.74. The van der Waals surface area contributed by atoms with Crippen LogP contribution in [0.2, 0.25) is 0 Å². The number of aromatic nitrogens is 1. The molecule has 100 valence electrons. The van der Waals surface area contributed by atoms with Crippen LogP contribution in [-0.2, 0) is 0 Å². The number of thiazole rings is 1. The van der Waals surface area contributed by atoms with Crippen molar-refractivity contribution in [2.45, 2.75) is 58.9 Å². The Morgan fingerprint density at radius 3 is 2.83 bits per heavy atom. The average Bonchev–Trinajstić information content (AvgIpc) is 2.59. The number of hydrogen-bond acceptors (Lipinski definition) is 4. The first-order chi connectivity index (χ1) is 8.63. The van der Waals surface area contributed by atoms with Crippen LogP contribution in [0.1, 0.15) is 61.3 Å². The van der Waals surface area contributed by atoms with Crippen molar-refractivity contribution in [2.75, 3.05) is 11.4 Å². The first-order valence-corrected chi connectivity index (χ1v) is 7.70. The molecule has 0 saturated carbocycles. The lowest BCUT2D eigenvalue weighted by atomic mass is 10.1. The van der Waals surface area contributed by atoms with Crippen LogP contribution in [0.5, 0.6) is 0 Å². The minimum atomic E-state index is 0.138. The summed E-state index contributed by atoms with van der Waals surface area (Å²) in [5, 5.41) is 1.05. The Balaban J connectivity index is 2.27. The van der Waals surface area contributed by atoms with Gasteiger partial charge in [-0.1, -0.05) is 31.1 Å². The average molecular weight is 266 g/mol. The molecule has 0 radical (unpaired) electrons. The number of anilines is 1. The van der Waals surface area contributed by atoms with Gasteiger partial charge in [0.1, 0.15) is 0 Å². The Morgan fingerprint density at radius 2 is 2.22 bits per heavy atom. The molecule has 0 amide bonds. The molecular weight excluding hydrogens is 244 g/mol. The van der Waals surface area contributed by atoms with Gasteiger partial charge in [-0.3, -0.25) is 4.79 Å². The van der Waals surface area contributed by atoms with Crippen LogP contribution in [0.25, 0.3) is 0 Å². The smallest absolute Gasteiger partial charge is 0.186 e. The number of hydrogen-bond donors (Lipinski definition) is 0. The highest BCUT2D eigenvalue weighted by Crippen LogP contribution is 2.31. The fourth-order valence-corrected chi connectivity index (χ4v) is 3.75. The molecule has 18 heavy (non-hydrogen) atoms. The molecule has 2 rings (SSSR count). The summed E-state index contributed by atoms with van der Waals surface area (Å²) in [6.45, 7) is 6.90. The Labute approximate surface area is 113 Å². The molecule has 0 aliphatic carbocycles. The second kappa shape index (κ2) is 5.83. The first kappa shape index (κ1) is 13.5. The second-order valence-corrected chi connectivity index (χ2v) is 6.05. The number of carbonyl (C=O) groups is 1. The Hall–Kier alpha value is -0.900. The van der Waals surface area contributed by atoms with Crippen LogP contribution in [-0.4, -0.2) is 23.4 Å². The van der Waals surface area contributed by atoms with Crippen LogP contribution in [0, 0.1) is 6.92 Å². The summed E-state index contributed by atoms with van der Waals surface area (Å²) in [6.07, 6.45) is 6.29. The standard InChI is InChI=1S/C14H22N2OS/c1-4-12-8-6-5-7-9-16(12)14-15-10(2)13(18-14)11(3)17/h12H,4-9H2,1-3H3. The molecule has 0 bridgehead atoms. The van der Waals surface area contributed by atoms with E-state index in [1.54, 1.807) is 18.3 Å². The molecule has 3 nitrogen and oxygen atoms in total. The lowest BCUT2D eigenvalue weighted by Crippen LogP contribution is -2.34. The van der Waals surface area contributed by atoms with Crippen molar-refractivity contribution in [1.82, 2.24) is 4.98 Å². The van der Waals surface area contributed by atoms with E-state index in [4.69, 9.17) is 0 Å². The van der Waals surface area contributed by atoms with Gasteiger partial charge in [-0.25, -0.2) is 4.98 Å². The molecule has 1 aromatic rings. The van der Waals surface area contributed by atoms with Crippen LogP contribution in [0.4, 0.5) is 5.13 Å². The van der Waals surface area contributed by atoms with Gasteiger partial charge in [0.2, 0.25) is 0 Å². The summed E-state index contributed by atoms with van der Waals surface area (Å²) in [5.41, 5.74) is 0.890. The summed E-state index contributed by atoms with van der Waals surface area (Å²) < 4.78 is 0. The lowest BCUT2D eigenvalue weighted by Gasteiger charge is -2.28. The Morgan fingerprint density at radius 1 is 1.44 bits per heavy atom. The van der Waals surface area contributed by atoms with Crippen molar-refractivity contribution in [1.29, 1.82) is 0 Å². The van der Waals surface area contributed by atoms with E-state index in [0.29, 0.717) is 6.04 Å². The summed E-state index contributed by atoms with van der Waals surface area (Å²) in [4.78, 5) is 19.4. The Kier molecular flexibility index (Phi) is 4.38. The van der Waals surface area contributed by atoms with E-state index >= 15 is 0 Å². The Bertz CT molecular complexity index is 427. The molecule has 1 atom stereocenters. The van der Waals surface area contributed by atoms with Crippen LogP contribution < -0.4 is 4.90 Å². The predicted octanol–water partition coefficient (Wildman–Crippen LogP) is 3.81. The fourth-order valence-electron chi connectivity index (χ4n) is 2.69. The minimum absolute atomic E-state index is 0.138. The zero-order valence-corrected chi connectivity index (χ0v) is 12.3. The summed E-state index contributed by atoms with van der Waals surface area (Å²) >= 11 is 1.57. The van der Waals surface area contributed by atoms with E-state index in [0.717, 1.165) is 28.7 Å². The quantitative estimate of drug-likeness (QED) is 0.780. The molecule has 0 aromatic carbocycles. The molecular formula is C14H22N2OS. The molecule has 4 heteroatoms. The number of ketones is 1. The maximum absolute atomic E-state index is 11.5. The van der Waals surface area contributed by atoms with Gasteiger partial charge < -0.3 is 4.90 Å². The highest BCUT2D eigenvalue weighted by Gasteiger charge is 2.23. The highest BCUT2D eigenvalue weighted by atomic mass is 32.1. The number of nitrogens with zero attached hydrogens (tertiary/aromatic N) is 2. The van der Waals surface area contributed by atoms with E-state index in [9.17, 15) is 4.79 Å². The monoisotopic (exact) mass is 266 g/mol. The largest absolute Gasteiger partial charge is 0.345 e. The number of Topliss-reactive ketones (excluding diaryl/α,β-unsaturated/α-hetero) is 1. The normalized spacial score (nSPS) is 20.8. The van der Waals surface area contributed by atoms with Crippen molar-refractivity contribution in [3.63, 3.8) is 0 Å². The van der Waals surface area contributed by atoms with Crippen LogP contribution in [0.3, 0.4) is 0 Å². The van der Waals surface area contributed by atoms with Crippen molar-refractivity contribution in [3.05, 3.63) is 10.6 Å².